The van der Waals surface area contributed by atoms with Gasteiger partial charge in [0.25, 0.3) is 10.0 Å². The normalized spacial score (nSPS) is 11.8. The summed E-state index contributed by atoms with van der Waals surface area (Å²) >= 11 is 0. The summed E-state index contributed by atoms with van der Waals surface area (Å²) in [4.78, 5) is 28.2. The first-order valence-corrected chi connectivity index (χ1v) is 14.7. The van der Waals surface area contributed by atoms with Crippen LogP contribution in [0.3, 0.4) is 0 Å². The number of halogens is 1. The monoisotopic (exact) mass is 585 g/mol. The minimum absolute atomic E-state index is 0.0157. The van der Waals surface area contributed by atoms with Gasteiger partial charge in [-0.2, -0.15) is 0 Å². The predicted octanol–water partition coefficient (Wildman–Crippen LogP) is 4.37. The van der Waals surface area contributed by atoms with Crippen molar-refractivity contribution in [2.45, 2.75) is 44.2 Å². The fraction of sp³-hybridized carbons (Fsp3) is 0.333. The Bertz CT molecular complexity index is 1420. The van der Waals surface area contributed by atoms with Gasteiger partial charge in [-0.05, 0) is 55.3 Å². The molecule has 9 nitrogen and oxygen atoms in total. The summed E-state index contributed by atoms with van der Waals surface area (Å²) in [6.07, 6.45) is 1.65. The van der Waals surface area contributed by atoms with Crippen LogP contribution < -0.4 is 19.1 Å². The van der Waals surface area contributed by atoms with Crippen LogP contribution in [0.4, 0.5) is 10.1 Å². The summed E-state index contributed by atoms with van der Waals surface area (Å²) in [6.45, 7) is 3.37. The molecule has 0 saturated heterocycles. The predicted molar refractivity (Wildman–Crippen MR) is 155 cm³/mol. The molecule has 0 heterocycles. The van der Waals surface area contributed by atoms with E-state index in [1.54, 1.807) is 31.2 Å². The lowest BCUT2D eigenvalue weighted by molar-refractivity contribution is -0.139. The average molecular weight is 586 g/mol. The van der Waals surface area contributed by atoms with E-state index in [1.165, 1.54) is 67.7 Å². The van der Waals surface area contributed by atoms with Gasteiger partial charge in [0.2, 0.25) is 11.8 Å². The van der Waals surface area contributed by atoms with Crippen LogP contribution >= 0.6 is 0 Å². The van der Waals surface area contributed by atoms with Crippen molar-refractivity contribution in [3.63, 3.8) is 0 Å². The van der Waals surface area contributed by atoms with Crippen molar-refractivity contribution in [3.05, 3.63) is 84.2 Å². The van der Waals surface area contributed by atoms with Crippen LogP contribution in [0.2, 0.25) is 0 Å². The first-order valence-electron chi connectivity index (χ1n) is 13.2. The van der Waals surface area contributed by atoms with Gasteiger partial charge in [-0.25, -0.2) is 12.8 Å². The van der Waals surface area contributed by atoms with Gasteiger partial charge >= 0.3 is 0 Å². The van der Waals surface area contributed by atoms with Crippen LogP contribution in [0.5, 0.6) is 11.5 Å². The molecule has 0 saturated carbocycles. The molecule has 0 aliphatic carbocycles. The number of benzene rings is 3. The second-order valence-electron chi connectivity index (χ2n) is 9.33. The first-order chi connectivity index (χ1) is 19.6. The average Bonchev–Trinajstić information content (AvgIpc) is 2.99. The van der Waals surface area contributed by atoms with Crippen LogP contribution in [-0.2, 0) is 26.2 Å². The standard InChI is InChI=1S/C30H36FN3O6S/c1-5-6-18-32-30(36)22(2)33(20-23-12-14-24(31)15-13-23)29(35)21-34(41(37,38)26-10-8-7-9-11-26)25-16-17-27(39-3)28(19-25)40-4/h7-17,19,22H,5-6,18,20-21H2,1-4H3,(H,32,36)/t22-/m0/s1. The molecule has 220 valence electrons. The van der Waals surface area contributed by atoms with Gasteiger partial charge in [0.05, 0.1) is 24.8 Å². The number of nitrogens with zero attached hydrogens (tertiary/aromatic N) is 2. The summed E-state index contributed by atoms with van der Waals surface area (Å²) < 4.78 is 53.0. The Morgan fingerprint density at radius 1 is 0.951 bits per heavy atom. The molecule has 1 atom stereocenters. The van der Waals surface area contributed by atoms with Gasteiger partial charge < -0.3 is 19.7 Å². The highest BCUT2D eigenvalue weighted by molar-refractivity contribution is 7.92. The maximum Gasteiger partial charge on any atom is 0.264 e. The van der Waals surface area contributed by atoms with Crippen LogP contribution in [-0.4, -0.2) is 58.5 Å². The van der Waals surface area contributed by atoms with E-state index >= 15 is 0 Å². The van der Waals surface area contributed by atoms with Crippen molar-refractivity contribution < 1.29 is 31.9 Å². The van der Waals surface area contributed by atoms with E-state index in [9.17, 15) is 22.4 Å². The Kier molecular flexibility index (Phi) is 11.1. The zero-order valence-corrected chi connectivity index (χ0v) is 24.5. The maximum absolute atomic E-state index is 13.9. The number of sulfonamides is 1. The first kappa shape index (κ1) is 31.4. The molecule has 11 heteroatoms. The molecule has 0 fully saturated rings. The summed E-state index contributed by atoms with van der Waals surface area (Å²) in [5.41, 5.74) is 0.748. The zero-order valence-electron chi connectivity index (χ0n) is 23.7. The Morgan fingerprint density at radius 2 is 1.61 bits per heavy atom. The van der Waals surface area contributed by atoms with Crippen molar-refractivity contribution in [1.29, 1.82) is 0 Å². The summed E-state index contributed by atoms with van der Waals surface area (Å²) in [7, 11) is -1.35. The second kappa shape index (κ2) is 14.5. The number of hydrogen-bond donors (Lipinski definition) is 1. The molecule has 1 N–H and O–H groups in total. The molecular formula is C30H36FN3O6S. The third kappa shape index (κ3) is 7.97. The van der Waals surface area contributed by atoms with E-state index in [4.69, 9.17) is 9.47 Å². The number of ether oxygens (including phenoxy) is 2. The van der Waals surface area contributed by atoms with E-state index in [2.05, 4.69) is 5.32 Å². The van der Waals surface area contributed by atoms with Crippen molar-refractivity contribution in [3.8, 4) is 11.5 Å². The lowest BCUT2D eigenvalue weighted by atomic mass is 10.1. The smallest absolute Gasteiger partial charge is 0.264 e. The van der Waals surface area contributed by atoms with E-state index in [-0.39, 0.29) is 28.8 Å². The Labute approximate surface area is 240 Å². The second-order valence-corrected chi connectivity index (χ2v) is 11.2. The number of carbonyl (C=O) groups excluding carboxylic acids is 2. The van der Waals surface area contributed by atoms with Gasteiger partial charge in [0.15, 0.2) is 11.5 Å². The van der Waals surface area contributed by atoms with Gasteiger partial charge in [0, 0.05) is 19.2 Å². The summed E-state index contributed by atoms with van der Waals surface area (Å²) in [5.74, 6) is -0.780. The van der Waals surface area contributed by atoms with E-state index < -0.39 is 34.3 Å². The molecule has 3 aromatic rings. The topological polar surface area (TPSA) is 105 Å². The van der Waals surface area contributed by atoms with Crippen LogP contribution in [0.15, 0.2) is 77.7 Å². The van der Waals surface area contributed by atoms with Gasteiger partial charge in [-0.1, -0.05) is 43.7 Å². The van der Waals surface area contributed by atoms with Crippen LogP contribution in [0.1, 0.15) is 32.3 Å². The summed E-state index contributed by atoms with van der Waals surface area (Å²) in [6, 6.07) is 16.9. The molecule has 41 heavy (non-hydrogen) atoms. The molecule has 0 aromatic heterocycles. The summed E-state index contributed by atoms with van der Waals surface area (Å²) in [5, 5.41) is 2.83. The number of anilines is 1. The number of rotatable bonds is 14. The highest BCUT2D eigenvalue weighted by Gasteiger charge is 2.33. The van der Waals surface area contributed by atoms with Crippen molar-refractivity contribution >= 4 is 27.5 Å². The van der Waals surface area contributed by atoms with Crippen molar-refractivity contribution in [1.82, 2.24) is 10.2 Å². The minimum Gasteiger partial charge on any atom is -0.493 e. The maximum atomic E-state index is 13.9. The molecule has 3 aromatic carbocycles. The quantitative estimate of drug-likeness (QED) is 0.282. The van der Waals surface area contributed by atoms with Crippen molar-refractivity contribution in [2.24, 2.45) is 0 Å². The Morgan fingerprint density at radius 3 is 2.22 bits per heavy atom. The van der Waals surface area contributed by atoms with Crippen LogP contribution in [0, 0.1) is 5.82 Å². The molecule has 0 bridgehead atoms. The number of nitrogens with one attached hydrogen (secondary N) is 1. The number of carbonyl (C=O) groups is 2. The number of methoxy groups -OCH3 is 2. The number of amides is 2. The lowest BCUT2D eigenvalue weighted by Crippen LogP contribution is -2.51. The molecule has 0 radical (unpaired) electrons. The Balaban J connectivity index is 2.04. The molecule has 2 amide bonds. The minimum atomic E-state index is -4.23. The fourth-order valence-electron chi connectivity index (χ4n) is 4.13. The largest absolute Gasteiger partial charge is 0.493 e. The highest BCUT2D eigenvalue weighted by Crippen LogP contribution is 2.34. The molecule has 0 unspecified atom stereocenters. The number of hydrogen-bond acceptors (Lipinski definition) is 6. The van der Waals surface area contributed by atoms with E-state index in [1.807, 2.05) is 6.92 Å². The molecule has 0 spiro atoms. The molecular weight excluding hydrogens is 549 g/mol. The van der Waals surface area contributed by atoms with Gasteiger partial charge in [-0.3, -0.25) is 13.9 Å². The molecule has 3 rings (SSSR count). The van der Waals surface area contributed by atoms with Gasteiger partial charge in [0.1, 0.15) is 18.4 Å². The SMILES string of the molecule is CCCCNC(=O)[C@H](C)N(Cc1ccc(F)cc1)C(=O)CN(c1ccc(OC)c(OC)c1)S(=O)(=O)c1ccccc1. The van der Waals surface area contributed by atoms with Crippen molar-refractivity contribution in [2.75, 3.05) is 31.6 Å². The Hall–Kier alpha value is -4.12. The molecule has 0 aliphatic heterocycles. The highest BCUT2D eigenvalue weighted by atomic mass is 32.2. The van der Waals surface area contributed by atoms with Gasteiger partial charge in [-0.15, -0.1) is 0 Å². The van der Waals surface area contributed by atoms with E-state index in [0.29, 0.717) is 17.9 Å². The fourth-order valence-corrected chi connectivity index (χ4v) is 5.56. The lowest BCUT2D eigenvalue weighted by Gasteiger charge is -2.32. The molecule has 0 aliphatic rings. The third-order valence-electron chi connectivity index (χ3n) is 6.53. The van der Waals surface area contributed by atoms with Crippen LogP contribution in [0.25, 0.3) is 0 Å². The third-order valence-corrected chi connectivity index (χ3v) is 8.32. The van der Waals surface area contributed by atoms with E-state index in [0.717, 1.165) is 17.1 Å². The zero-order chi connectivity index (χ0) is 30.0. The number of unbranched alkanes of at least 4 members (excludes halogenated alkanes) is 1.